The smallest absolute Gasteiger partial charge is 0.316 e. The van der Waals surface area contributed by atoms with Crippen molar-refractivity contribution < 1.29 is 23.9 Å². The molecule has 1 aromatic rings. The maximum absolute atomic E-state index is 12.5. The van der Waals surface area contributed by atoms with E-state index < -0.39 is 28.7 Å². The lowest BCUT2D eigenvalue weighted by Crippen LogP contribution is -2.28. The summed E-state index contributed by atoms with van der Waals surface area (Å²) in [7, 11) is 1.79. The molecule has 2 rings (SSSR count). The van der Waals surface area contributed by atoms with E-state index in [0.717, 1.165) is 11.1 Å². The normalized spacial score (nSPS) is 14.4. The average Bonchev–Trinajstić information content (AvgIpc) is 2.66. The average molecular weight is 443 g/mol. The summed E-state index contributed by atoms with van der Waals surface area (Å²) in [6.45, 7) is 10.5. The molecule has 1 aliphatic heterocycles. The minimum atomic E-state index is -0.721. The van der Waals surface area contributed by atoms with E-state index >= 15 is 0 Å². The Kier molecular flexibility index (Phi) is 7.54. The molecule has 7 heteroatoms. The van der Waals surface area contributed by atoms with Crippen LogP contribution in [-0.2, 0) is 20.8 Å². The minimum absolute atomic E-state index is 0.198. The van der Waals surface area contributed by atoms with E-state index in [1.54, 1.807) is 65.6 Å². The van der Waals surface area contributed by atoms with Gasteiger partial charge in [-0.3, -0.25) is 14.4 Å². The number of esters is 2. The molecule has 7 nitrogen and oxygen atoms in total. The van der Waals surface area contributed by atoms with Crippen LogP contribution in [0, 0.1) is 10.8 Å². The summed E-state index contributed by atoms with van der Waals surface area (Å²) in [5, 5.41) is 0. The second-order valence-electron chi connectivity index (χ2n) is 10.1. The zero-order valence-corrected chi connectivity index (χ0v) is 20.1. The van der Waals surface area contributed by atoms with Gasteiger partial charge in [0.25, 0.3) is 5.91 Å². The van der Waals surface area contributed by atoms with Crippen molar-refractivity contribution in [2.45, 2.75) is 60.8 Å². The molecular weight excluding hydrogens is 408 g/mol. The first kappa shape index (κ1) is 25.2. The Morgan fingerprint density at radius 3 is 2.03 bits per heavy atom. The summed E-state index contributed by atoms with van der Waals surface area (Å²) in [5.74, 6) is -0.920. The first-order chi connectivity index (χ1) is 14.7. The van der Waals surface area contributed by atoms with E-state index in [0.29, 0.717) is 25.0 Å². The zero-order valence-electron chi connectivity index (χ0n) is 20.1. The molecule has 0 saturated heterocycles. The summed E-state index contributed by atoms with van der Waals surface area (Å²) < 4.78 is 11.1. The van der Waals surface area contributed by atoms with Crippen molar-refractivity contribution in [2.75, 3.05) is 7.05 Å². The first-order valence-corrected chi connectivity index (χ1v) is 10.7. The Morgan fingerprint density at radius 2 is 1.50 bits per heavy atom. The van der Waals surface area contributed by atoms with Gasteiger partial charge >= 0.3 is 11.9 Å². The molecule has 2 N–H and O–H groups in total. The zero-order chi connectivity index (χ0) is 24.3. The topological polar surface area (TPSA) is 98.9 Å². The Balaban J connectivity index is 2.31. The highest BCUT2D eigenvalue weighted by molar-refractivity contribution is 5.92. The van der Waals surface area contributed by atoms with E-state index in [9.17, 15) is 14.4 Å². The number of allylic oxidation sites excluding steroid dienone is 2. The number of nitrogens with two attached hydrogens (primary N) is 1. The molecule has 0 bridgehead atoms. The van der Waals surface area contributed by atoms with Gasteiger partial charge in [-0.25, -0.2) is 0 Å². The number of carbonyl (C=O) groups excluding carboxylic acids is 3. The van der Waals surface area contributed by atoms with Gasteiger partial charge in [0.2, 0.25) is 0 Å². The highest BCUT2D eigenvalue weighted by atomic mass is 16.6. The fourth-order valence-electron chi connectivity index (χ4n) is 3.02. The van der Waals surface area contributed by atoms with E-state index in [1.165, 1.54) is 0 Å². The number of rotatable bonds is 6. The van der Waals surface area contributed by atoms with Crippen LogP contribution in [0.2, 0.25) is 0 Å². The number of nitrogens with zero attached hydrogens (tertiary/aromatic N) is 1. The van der Waals surface area contributed by atoms with Gasteiger partial charge in [-0.05, 0) is 84.1 Å². The van der Waals surface area contributed by atoms with Crippen LogP contribution in [0.1, 0.15) is 59.9 Å². The van der Waals surface area contributed by atoms with Crippen LogP contribution in [0.5, 0.6) is 11.5 Å². The molecule has 0 aromatic heterocycles. The number of likely N-dealkylation sites (N-methyl/N-ethyl adjacent to an activating group) is 1. The Bertz CT molecular complexity index is 962. The SMILES string of the molecule is CN1C=CCC(CCc2ccc(OC(=O)C(C)(C)C)c(OC(=O)C(C)(C)C)c2)=C1C(N)=O. The van der Waals surface area contributed by atoms with Gasteiger partial charge in [0, 0.05) is 13.2 Å². The summed E-state index contributed by atoms with van der Waals surface area (Å²) >= 11 is 0. The molecule has 1 heterocycles. The third-order valence-corrected chi connectivity index (χ3v) is 4.97. The fourth-order valence-corrected chi connectivity index (χ4v) is 3.02. The number of amides is 1. The van der Waals surface area contributed by atoms with Crippen molar-refractivity contribution in [3.05, 3.63) is 47.3 Å². The molecule has 0 unspecified atom stereocenters. The second kappa shape index (κ2) is 9.59. The lowest BCUT2D eigenvalue weighted by Gasteiger charge is -2.24. The van der Waals surface area contributed by atoms with Gasteiger partial charge in [-0.1, -0.05) is 12.1 Å². The van der Waals surface area contributed by atoms with E-state index in [2.05, 4.69) is 0 Å². The van der Waals surface area contributed by atoms with Gasteiger partial charge in [-0.2, -0.15) is 0 Å². The monoisotopic (exact) mass is 442 g/mol. The highest BCUT2D eigenvalue weighted by Gasteiger charge is 2.28. The van der Waals surface area contributed by atoms with Gasteiger partial charge in [0.15, 0.2) is 11.5 Å². The van der Waals surface area contributed by atoms with Crippen LogP contribution in [0.25, 0.3) is 0 Å². The molecule has 1 aliphatic rings. The largest absolute Gasteiger partial charge is 0.422 e. The molecule has 1 aromatic carbocycles. The van der Waals surface area contributed by atoms with Crippen molar-refractivity contribution in [3.8, 4) is 11.5 Å². The van der Waals surface area contributed by atoms with Crippen molar-refractivity contribution in [2.24, 2.45) is 16.6 Å². The number of ether oxygens (including phenoxy) is 2. The predicted molar refractivity (Wildman–Crippen MR) is 123 cm³/mol. The van der Waals surface area contributed by atoms with Crippen LogP contribution in [0.4, 0.5) is 0 Å². The van der Waals surface area contributed by atoms with Crippen molar-refractivity contribution in [1.29, 1.82) is 0 Å². The van der Waals surface area contributed by atoms with Crippen molar-refractivity contribution in [1.82, 2.24) is 4.90 Å². The Hall–Kier alpha value is -3.09. The maximum atomic E-state index is 12.5. The second-order valence-corrected chi connectivity index (χ2v) is 10.1. The fraction of sp³-hybridized carbons (Fsp3) is 0.480. The number of carbonyl (C=O) groups is 3. The van der Waals surface area contributed by atoms with Crippen LogP contribution in [0.3, 0.4) is 0 Å². The van der Waals surface area contributed by atoms with Crippen molar-refractivity contribution >= 4 is 17.8 Å². The van der Waals surface area contributed by atoms with Crippen LogP contribution in [-0.4, -0.2) is 29.8 Å². The van der Waals surface area contributed by atoms with Gasteiger partial charge < -0.3 is 20.1 Å². The van der Waals surface area contributed by atoms with Gasteiger partial charge in [-0.15, -0.1) is 0 Å². The molecule has 0 atom stereocenters. The first-order valence-electron chi connectivity index (χ1n) is 10.7. The predicted octanol–water partition coefficient (Wildman–Crippen LogP) is 4.11. The Morgan fingerprint density at radius 1 is 0.938 bits per heavy atom. The molecule has 174 valence electrons. The molecule has 32 heavy (non-hydrogen) atoms. The number of hydrogen-bond acceptors (Lipinski definition) is 6. The van der Waals surface area contributed by atoms with Crippen LogP contribution < -0.4 is 15.2 Å². The van der Waals surface area contributed by atoms with Crippen LogP contribution >= 0.6 is 0 Å². The molecule has 0 saturated carbocycles. The van der Waals surface area contributed by atoms with Gasteiger partial charge in [0.05, 0.1) is 10.8 Å². The Labute approximate surface area is 190 Å². The maximum Gasteiger partial charge on any atom is 0.316 e. The number of hydrogen-bond donors (Lipinski definition) is 1. The van der Waals surface area contributed by atoms with E-state index in [1.807, 2.05) is 18.3 Å². The third kappa shape index (κ3) is 6.45. The minimum Gasteiger partial charge on any atom is -0.422 e. The number of aryl methyl sites for hydroxylation is 1. The molecule has 0 spiro atoms. The lowest BCUT2D eigenvalue weighted by molar-refractivity contribution is -0.145. The quantitative estimate of drug-likeness (QED) is 0.526. The molecule has 1 amide bonds. The molecule has 0 aliphatic carbocycles. The molecule has 0 radical (unpaired) electrons. The van der Waals surface area contributed by atoms with Crippen molar-refractivity contribution in [3.63, 3.8) is 0 Å². The van der Waals surface area contributed by atoms with Crippen LogP contribution in [0.15, 0.2) is 41.7 Å². The number of benzene rings is 1. The van der Waals surface area contributed by atoms with Gasteiger partial charge in [0.1, 0.15) is 5.70 Å². The number of primary amides is 1. The molecular formula is C25H34N2O5. The van der Waals surface area contributed by atoms with E-state index in [-0.39, 0.29) is 11.5 Å². The summed E-state index contributed by atoms with van der Waals surface area (Å²) in [4.78, 5) is 38.5. The summed E-state index contributed by atoms with van der Waals surface area (Å²) in [6, 6.07) is 5.18. The highest BCUT2D eigenvalue weighted by Crippen LogP contribution is 2.33. The summed E-state index contributed by atoms with van der Waals surface area (Å²) in [5.41, 5.74) is 6.46. The lowest BCUT2D eigenvalue weighted by atomic mass is 9.96. The summed E-state index contributed by atoms with van der Waals surface area (Å²) in [6.07, 6.45) is 5.66. The molecule has 0 fully saturated rings. The third-order valence-electron chi connectivity index (χ3n) is 4.97. The standard InChI is InChI=1S/C25H34N2O5/c1-24(2,3)22(29)31-18-13-11-16(15-19(18)32-23(30)25(4,5)6)10-12-17-9-8-14-27(7)20(17)21(26)28/h8,11,13-15H,9-10,12H2,1-7H3,(H2,26,28). The van der Waals surface area contributed by atoms with E-state index in [4.69, 9.17) is 15.2 Å².